The van der Waals surface area contributed by atoms with E-state index in [0.29, 0.717) is 6.42 Å². The Morgan fingerprint density at radius 2 is 2.22 bits per heavy atom. The van der Waals surface area contributed by atoms with E-state index >= 15 is 0 Å². The van der Waals surface area contributed by atoms with Crippen LogP contribution in [0.1, 0.15) is 12.5 Å². The molecule has 1 heterocycles. The number of nitrogens with zero attached hydrogens (tertiary/aromatic N) is 1. The van der Waals surface area contributed by atoms with Gasteiger partial charge in [0.2, 0.25) is 5.91 Å². The molecule has 0 saturated carbocycles. The average Bonchev–Trinajstić information content (AvgIpc) is 2.63. The SMILES string of the molecule is COC(=O)[C@@H](C)Nc1ccc2c(c1)CC(=O)N2C. The molecule has 1 aliphatic heterocycles. The number of carbonyl (C=O) groups is 2. The summed E-state index contributed by atoms with van der Waals surface area (Å²) in [5.74, 6) is -0.230. The van der Waals surface area contributed by atoms with Gasteiger partial charge in [0.15, 0.2) is 0 Å². The number of fused-ring (bicyclic) bond motifs is 1. The number of nitrogens with one attached hydrogen (secondary N) is 1. The van der Waals surface area contributed by atoms with Crippen molar-refractivity contribution in [3.63, 3.8) is 0 Å². The van der Waals surface area contributed by atoms with Gasteiger partial charge in [0.1, 0.15) is 6.04 Å². The molecule has 5 nitrogen and oxygen atoms in total. The smallest absolute Gasteiger partial charge is 0.327 e. The zero-order valence-electron chi connectivity index (χ0n) is 10.7. The first kappa shape index (κ1) is 12.4. The summed E-state index contributed by atoms with van der Waals surface area (Å²) in [6.07, 6.45) is 0.411. The van der Waals surface area contributed by atoms with E-state index in [-0.39, 0.29) is 11.9 Å². The fourth-order valence-corrected chi connectivity index (χ4v) is 2.05. The van der Waals surface area contributed by atoms with Crippen molar-refractivity contribution >= 4 is 23.3 Å². The van der Waals surface area contributed by atoms with E-state index in [4.69, 9.17) is 0 Å². The van der Waals surface area contributed by atoms with Crippen LogP contribution in [-0.2, 0) is 20.7 Å². The molecule has 0 radical (unpaired) electrons. The highest BCUT2D eigenvalue weighted by atomic mass is 16.5. The topological polar surface area (TPSA) is 58.6 Å². The number of ether oxygens (including phenoxy) is 1. The molecular formula is C13H16N2O3. The molecule has 1 aromatic carbocycles. The van der Waals surface area contributed by atoms with Crippen molar-refractivity contribution < 1.29 is 14.3 Å². The van der Waals surface area contributed by atoms with Crippen LogP contribution in [-0.4, -0.2) is 32.1 Å². The number of amides is 1. The van der Waals surface area contributed by atoms with Crippen LogP contribution in [0.5, 0.6) is 0 Å². The van der Waals surface area contributed by atoms with E-state index in [1.54, 1.807) is 18.9 Å². The first-order valence-electron chi connectivity index (χ1n) is 5.76. The van der Waals surface area contributed by atoms with Crippen molar-refractivity contribution in [3.05, 3.63) is 23.8 Å². The predicted octanol–water partition coefficient (Wildman–Crippen LogP) is 1.18. The minimum Gasteiger partial charge on any atom is -0.467 e. The maximum atomic E-state index is 11.6. The van der Waals surface area contributed by atoms with E-state index in [2.05, 4.69) is 10.1 Å². The molecule has 1 amide bonds. The van der Waals surface area contributed by atoms with E-state index in [1.807, 2.05) is 18.2 Å². The number of rotatable bonds is 3. The second kappa shape index (κ2) is 4.68. The van der Waals surface area contributed by atoms with Crippen molar-refractivity contribution in [2.75, 3.05) is 24.4 Å². The van der Waals surface area contributed by atoms with E-state index in [9.17, 15) is 9.59 Å². The Balaban J connectivity index is 2.16. The first-order chi connectivity index (χ1) is 8.52. The van der Waals surface area contributed by atoms with Gasteiger partial charge in [0.25, 0.3) is 0 Å². The summed E-state index contributed by atoms with van der Waals surface area (Å²) >= 11 is 0. The molecule has 1 atom stereocenters. The fourth-order valence-electron chi connectivity index (χ4n) is 2.05. The van der Waals surface area contributed by atoms with Crippen LogP contribution < -0.4 is 10.2 Å². The number of anilines is 2. The molecule has 1 aromatic rings. The van der Waals surface area contributed by atoms with E-state index < -0.39 is 6.04 Å². The summed E-state index contributed by atoms with van der Waals surface area (Å²) in [4.78, 5) is 24.5. The van der Waals surface area contributed by atoms with Crippen LogP contribution in [0.3, 0.4) is 0 Å². The lowest BCUT2D eigenvalue weighted by Crippen LogP contribution is -2.27. The number of likely N-dealkylation sites (N-methyl/N-ethyl adjacent to an activating group) is 1. The van der Waals surface area contributed by atoms with Gasteiger partial charge in [-0.25, -0.2) is 4.79 Å². The van der Waals surface area contributed by atoms with Gasteiger partial charge >= 0.3 is 5.97 Å². The van der Waals surface area contributed by atoms with Gasteiger partial charge in [0.05, 0.1) is 13.5 Å². The molecule has 0 aromatic heterocycles. The first-order valence-corrected chi connectivity index (χ1v) is 5.76. The molecule has 0 saturated heterocycles. The second-order valence-electron chi connectivity index (χ2n) is 4.36. The highest BCUT2D eigenvalue weighted by Crippen LogP contribution is 2.30. The Hall–Kier alpha value is -2.04. The number of methoxy groups -OCH3 is 1. The zero-order valence-corrected chi connectivity index (χ0v) is 10.7. The Labute approximate surface area is 106 Å². The van der Waals surface area contributed by atoms with Crippen molar-refractivity contribution in [2.24, 2.45) is 0 Å². The van der Waals surface area contributed by atoms with Crippen molar-refractivity contribution in [2.45, 2.75) is 19.4 Å². The van der Waals surface area contributed by atoms with Gasteiger partial charge in [-0.2, -0.15) is 0 Å². The van der Waals surface area contributed by atoms with Crippen LogP contribution in [0.2, 0.25) is 0 Å². The van der Waals surface area contributed by atoms with Gasteiger partial charge in [-0.05, 0) is 30.7 Å². The Bertz CT molecular complexity index is 499. The van der Waals surface area contributed by atoms with Gasteiger partial charge < -0.3 is 15.0 Å². The highest BCUT2D eigenvalue weighted by molar-refractivity contribution is 6.01. The van der Waals surface area contributed by atoms with Crippen molar-refractivity contribution in [3.8, 4) is 0 Å². The van der Waals surface area contributed by atoms with Crippen LogP contribution in [0.4, 0.5) is 11.4 Å². The molecular weight excluding hydrogens is 232 g/mol. The molecule has 5 heteroatoms. The summed E-state index contributed by atoms with van der Waals surface area (Å²) in [5.41, 5.74) is 2.72. The lowest BCUT2D eigenvalue weighted by atomic mass is 10.1. The van der Waals surface area contributed by atoms with Gasteiger partial charge in [0, 0.05) is 18.4 Å². The molecule has 0 fully saturated rings. The third-order valence-electron chi connectivity index (χ3n) is 3.09. The summed E-state index contributed by atoms with van der Waals surface area (Å²) in [7, 11) is 3.12. The largest absolute Gasteiger partial charge is 0.467 e. The number of hydrogen-bond acceptors (Lipinski definition) is 4. The molecule has 96 valence electrons. The number of hydrogen-bond donors (Lipinski definition) is 1. The fraction of sp³-hybridized carbons (Fsp3) is 0.385. The minimum atomic E-state index is -0.414. The van der Waals surface area contributed by atoms with E-state index in [0.717, 1.165) is 16.9 Å². The number of esters is 1. The molecule has 18 heavy (non-hydrogen) atoms. The Morgan fingerprint density at radius 3 is 2.89 bits per heavy atom. The number of carbonyl (C=O) groups excluding carboxylic acids is 2. The average molecular weight is 248 g/mol. The zero-order chi connectivity index (χ0) is 13.3. The molecule has 1 N–H and O–H groups in total. The monoisotopic (exact) mass is 248 g/mol. The quantitative estimate of drug-likeness (QED) is 0.816. The van der Waals surface area contributed by atoms with Crippen LogP contribution >= 0.6 is 0 Å². The van der Waals surface area contributed by atoms with Crippen LogP contribution in [0.15, 0.2) is 18.2 Å². The summed E-state index contributed by atoms with van der Waals surface area (Å²) in [5, 5.41) is 3.05. The summed E-state index contributed by atoms with van der Waals surface area (Å²) in [6.45, 7) is 1.73. The van der Waals surface area contributed by atoms with Gasteiger partial charge in [-0.15, -0.1) is 0 Å². The predicted molar refractivity (Wildman–Crippen MR) is 68.7 cm³/mol. The lowest BCUT2D eigenvalue weighted by Gasteiger charge is -2.14. The minimum absolute atomic E-state index is 0.0863. The summed E-state index contributed by atoms with van der Waals surface area (Å²) < 4.78 is 4.65. The van der Waals surface area contributed by atoms with Gasteiger partial charge in [-0.3, -0.25) is 4.79 Å². The third-order valence-corrected chi connectivity index (χ3v) is 3.09. The Morgan fingerprint density at radius 1 is 1.50 bits per heavy atom. The molecule has 0 aliphatic carbocycles. The van der Waals surface area contributed by atoms with Crippen molar-refractivity contribution in [1.82, 2.24) is 0 Å². The van der Waals surface area contributed by atoms with Crippen molar-refractivity contribution in [1.29, 1.82) is 0 Å². The van der Waals surface area contributed by atoms with E-state index in [1.165, 1.54) is 7.11 Å². The molecule has 0 bridgehead atoms. The highest BCUT2D eigenvalue weighted by Gasteiger charge is 2.24. The molecule has 0 spiro atoms. The second-order valence-corrected chi connectivity index (χ2v) is 4.36. The Kier molecular flexibility index (Phi) is 3.23. The molecule has 1 aliphatic rings. The molecule has 2 rings (SSSR count). The van der Waals surface area contributed by atoms with Crippen LogP contribution in [0.25, 0.3) is 0 Å². The number of benzene rings is 1. The lowest BCUT2D eigenvalue weighted by molar-refractivity contribution is -0.141. The maximum absolute atomic E-state index is 11.6. The standard InChI is InChI=1S/C13H16N2O3/c1-8(13(17)18-3)14-10-4-5-11-9(6-10)7-12(16)15(11)2/h4-6,8,14H,7H2,1-3H3/t8-/m1/s1. The van der Waals surface area contributed by atoms with Gasteiger partial charge in [-0.1, -0.05) is 0 Å². The normalized spacial score (nSPS) is 15.3. The summed E-state index contributed by atoms with van der Waals surface area (Å²) in [6, 6.07) is 5.22. The third kappa shape index (κ3) is 2.16. The van der Waals surface area contributed by atoms with Crippen LogP contribution in [0, 0.1) is 0 Å². The maximum Gasteiger partial charge on any atom is 0.327 e. The molecule has 0 unspecified atom stereocenters.